The molecule has 0 saturated carbocycles. The fourth-order valence-electron chi connectivity index (χ4n) is 2.27. The number of nitrogens with one attached hydrogen (secondary N) is 1. The Morgan fingerprint density at radius 2 is 1.79 bits per heavy atom. The lowest BCUT2D eigenvalue weighted by Crippen LogP contribution is -2.18. The zero-order valence-corrected chi connectivity index (χ0v) is 13.6. The van der Waals surface area contributed by atoms with Crippen LogP contribution in [0.1, 0.15) is 16.1 Å². The van der Waals surface area contributed by atoms with E-state index in [-0.39, 0.29) is 5.91 Å². The fraction of sp³-hybridized carbons (Fsp3) is 0.105. The quantitative estimate of drug-likeness (QED) is 0.594. The minimum absolute atomic E-state index is 0.332. The van der Waals surface area contributed by atoms with E-state index in [0.717, 1.165) is 22.2 Å². The van der Waals surface area contributed by atoms with Gasteiger partial charge in [0.15, 0.2) is 0 Å². The van der Waals surface area contributed by atoms with E-state index < -0.39 is 0 Å². The molecule has 5 nitrogen and oxygen atoms in total. The summed E-state index contributed by atoms with van der Waals surface area (Å²) in [6, 6.07) is 19.1. The first kappa shape index (κ1) is 15.7. The Hall–Kier alpha value is -3.21. The Morgan fingerprint density at radius 1 is 1.04 bits per heavy atom. The second-order valence-corrected chi connectivity index (χ2v) is 5.57. The number of hydrogen-bond acceptors (Lipinski definition) is 4. The predicted octanol–water partition coefficient (Wildman–Crippen LogP) is 3.06. The molecule has 2 aromatic carbocycles. The van der Waals surface area contributed by atoms with Gasteiger partial charge in [0, 0.05) is 25.2 Å². The summed E-state index contributed by atoms with van der Waals surface area (Å²) in [7, 11) is 3.97. The van der Waals surface area contributed by atoms with E-state index in [2.05, 4.69) is 15.5 Å². The minimum Gasteiger partial charge on any atom is -0.378 e. The molecule has 120 valence electrons. The van der Waals surface area contributed by atoms with Gasteiger partial charge in [-0.1, -0.05) is 36.4 Å². The van der Waals surface area contributed by atoms with E-state index in [1.54, 1.807) is 12.3 Å². The molecule has 0 atom stereocenters. The van der Waals surface area contributed by atoms with E-state index in [4.69, 9.17) is 0 Å². The Labute approximate surface area is 140 Å². The highest BCUT2D eigenvalue weighted by Crippen LogP contribution is 2.12. The second kappa shape index (κ2) is 6.91. The van der Waals surface area contributed by atoms with Crippen LogP contribution in [-0.4, -0.2) is 31.2 Å². The summed E-state index contributed by atoms with van der Waals surface area (Å²) < 4.78 is 0. The number of carbonyl (C=O) groups is 1. The van der Waals surface area contributed by atoms with Gasteiger partial charge in [-0.25, -0.2) is 10.4 Å². The number of rotatable bonds is 4. The standard InChI is InChI=1S/C19H18N4O/c1-23(2)16-10-7-14(8-11-16)13-20-22-19(24)18-12-9-15-5-3-4-6-17(15)21-18/h3-13H,1-2H3,(H,22,24). The van der Waals surface area contributed by atoms with Gasteiger partial charge in [0.05, 0.1) is 11.7 Å². The van der Waals surface area contributed by atoms with Crippen LogP contribution in [0.2, 0.25) is 0 Å². The lowest BCUT2D eigenvalue weighted by molar-refractivity contribution is 0.0950. The lowest BCUT2D eigenvalue weighted by atomic mass is 10.2. The molecule has 1 heterocycles. The number of aromatic nitrogens is 1. The van der Waals surface area contributed by atoms with Crippen molar-refractivity contribution >= 4 is 28.7 Å². The lowest BCUT2D eigenvalue weighted by Gasteiger charge is -2.11. The Kier molecular flexibility index (Phi) is 4.52. The van der Waals surface area contributed by atoms with Gasteiger partial charge in [-0.05, 0) is 29.8 Å². The predicted molar refractivity (Wildman–Crippen MR) is 97.6 cm³/mol. The van der Waals surface area contributed by atoms with Crippen LogP contribution in [0, 0.1) is 0 Å². The maximum Gasteiger partial charge on any atom is 0.289 e. The highest BCUT2D eigenvalue weighted by atomic mass is 16.2. The van der Waals surface area contributed by atoms with Crippen LogP contribution >= 0.6 is 0 Å². The normalized spacial score (nSPS) is 10.9. The number of pyridine rings is 1. The summed E-state index contributed by atoms with van der Waals surface area (Å²) in [6.45, 7) is 0. The Morgan fingerprint density at radius 3 is 2.54 bits per heavy atom. The van der Waals surface area contributed by atoms with Gasteiger partial charge in [0.25, 0.3) is 5.91 Å². The van der Waals surface area contributed by atoms with Gasteiger partial charge in [0.1, 0.15) is 5.69 Å². The second-order valence-electron chi connectivity index (χ2n) is 5.57. The number of hydrazone groups is 1. The summed E-state index contributed by atoms with van der Waals surface area (Å²) in [5.41, 5.74) is 5.65. The number of fused-ring (bicyclic) bond motifs is 1. The van der Waals surface area contributed by atoms with Crippen LogP contribution < -0.4 is 10.3 Å². The van der Waals surface area contributed by atoms with E-state index in [9.17, 15) is 4.79 Å². The molecule has 1 N–H and O–H groups in total. The molecule has 3 aromatic rings. The fourth-order valence-corrected chi connectivity index (χ4v) is 2.27. The molecule has 3 rings (SSSR count). The molecule has 0 unspecified atom stereocenters. The van der Waals surface area contributed by atoms with E-state index in [1.807, 2.05) is 73.6 Å². The molecule has 1 aromatic heterocycles. The third-order valence-corrected chi connectivity index (χ3v) is 3.62. The number of benzene rings is 2. The molecule has 1 amide bonds. The van der Waals surface area contributed by atoms with E-state index in [1.165, 1.54) is 0 Å². The zero-order valence-electron chi connectivity index (χ0n) is 13.6. The largest absolute Gasteiger partial charge is 0.378 e. The average Bonchev–Trinajstić information content (AvgIpc) is 2.61. The minimum atomic E-state index is -0.332. The van der Waals surface area contributed by atoms with Crippen molar-refractivity contribution in [2.24, 2.45) is 5.10 Å². The van der Waals surface area contributed by atoms with Gasteiger partial charge in [-0.2, -0.15) is 5.10 Å². The first-order valence-electron chi connectivity index (χ1n) is 7.60. The molecule has 0 aliphatic carbocycles. The molecule has 0 aliphatic heterocycles. The van der Waals surface area contributed by atoms with Crippen LogP contribution in [0.4, 0.5) is 5.69 Å². The number of anilines is 1. The van der Waals surface area contributed by atoms with Crippen LogP contribution in [0.5, 0.6) is 0 Å². The van der Waals surface area contributed by atoms with Gasteiger partial charge in [-0.3, -0.25) is 4.79 Å². The van der Waals surface area contributed by atoms with Crippen molar-refractivity contribution in [1.29, 1.82) is 0 Å². The summed E-state index contributed by atoms with van der Waals surface area (Å²) in [5.74, 6) is -0.332. The molecule has 5 heteroatoms. The first-order chi connectivity index (χ1) is 11.6. The number of amides is 1. The van der Waals surface area contributed by atoms with Crippen molar-refractivity contribution in [2.45, 2.75) is 0 Å². The maximum atomic E-state index is 12.1. The van der Waals surface area contributed by atoms with Crippen molar-refractivity contribution in [2.75, 3.05) is 19.0 Å². The molecule has 0 saturated heterocycles. The van der Waals surface area contributed by atoms with Crippen LogP contribution in [0.15, 0.2) is 65.8 Å². The molecule has 0 fully saturated rings. The molecule has 0 aliphatic rings. The third kappa shape index (κ3) is 3.57. The zero-order chi connectivity index (χ0) is 16.9. The highest BCUT2D eigenvalue weighted by molar-refractivity contribution is 5.95. The average molecular weight is 318 g/mol. The van der Waals surface area contributed by atoms with Gasteiger partial charge in [-0.15, -0.1) is 0 Å². The first-order valence-corrected chi connectivity index (χ1v) is 7.60. The van der Waals surface area contributed by atoms with E-state index in [0.29, 0.717) is 5.69 Å². The number of carbonyl (C=O) groups excluding carboxylic acids is 1. The molecule has 24 heavy (non-hydrogen) atoms. The third-order valence-electron chi connectivity index (χ3n) is 3.62. The van der Waals surface area contributed by atoms with Crippen molar-refractivity contribution in [3.63, 3.8) is 0 Å². The number of hydrogen-bond donors (Lipinski definition) is 1. The summed E-state index contributed by atoms with van der Waals surface area (Å²) >= 11 is 0. The molecular formula is C19H18N4O. The highest BCUT2D eigenvalue weighted by Gasteiger charge is 2.06. The van der Waals surface area contributed by atoms with Crippen LogP contribution in [0.3, 0.4) is 0 Å². The van der Waals surface area contributed by atoms with Crippen molar-refractivity contribution in [3.05, 3.63) is 71.9 Å². The maximum absolute atomic E-state index is 12.1. The number of para-hydroxylation sites is 1. The van der Waals surface area contributed by atoms with Crippen LogP contribution in [0.25, 0.3) is 10.9 Å². The Balaban J connectivity index is 1.67. The monoisotopic (exact) mass is 318 g/mol. The Bertz CT molecular complexity index is 885. The van der Waals surface area contributed by atoms with Gasteiger partial charge < -0.3 is 4.90 Å². The molecule has 0 spiro atoms. The van der Waals surface area contributed by atoms with Crippen molar-refractivity contribution in [3.8, 4) is 0 Å². The number of nitrogens with zero attached hydrogens (tertiary/aromatic N) is 3. The van der Waals surface area contributed by atoms with Crippen LogP contribution in [-0.2, 0) is 0 Å². The van der Waals surface area contributed by atoms with Crippen molar-refractivity contribution in [1.82, 2.24) is 10.4 Å². The summed E-state index contributed by atoms with van der Waals surface area (Å²) in [6.07, 6.45) is 1.61. The topological polar surface area (TPSA) is 57.6 Å². The SMILES string of the molecule is CN(C)c1ccc(C=NNC(=O)c2ccc3ccccc3n2)cc1. The molecular weight excluding hydrogens is 300 g/mol. The van der Waals surface area contributed by atoms with Gasteiger partial charge in [0.2, 0.25) is 0 Å². The molecule has 0 radical (unpaired) electrons. The van der Waals surface area contributed by atoms with E-state index >= 15 is 0 Å². The summed E-state index contributed by atoms with van der Waals surface area (Å²) in [5, 5.41) is 4.99. The van der Waals surface area contributed by atoms with Crippen molar-refractivity contribution < 1.29 is 4.79 Å². The smallest absolute Gasteiger partial charge is 0.289 e. The molecule has 0 bridgehead atoms. The van der Waals surface area contributed by atoms with Gasteiger partial charge >= 0.3 is 0 Å². The summed E-state index contributed by atoms with van der Waals surface area (Å²) in [4.78, 5) is 18.5.